The average molecular weight is 283 g/mol. The van der Waals surface area contributed by atoms with Crippen LogP contribution in [0.25, 0.3) is 5.52 Å². The van der Waals surface area contributed by atoms with Crippen molar-refractivity contribution in [1.29, 1.82) is 0 Å². The highest BCUT2D eigenvalue weighted by Crippen LogP contribution is 2.12. The van der Waals surface area contributed by atoms with E-state index < -0.39 is 0 Å². The predicted molar refractivity (Wildman–Crippen MR) is 77.4 cm³/mol. The zero-order valence-corrected chi connectivity index (χ0v) is 11.5. The SMILES string of the molecule is CN(Cc1ccccc1F)C(=O)c1cc2ccccn2n1. The molecule has 0 fully saturated rings. The van der Waals surface area contributed by atoms with E-state index in [0.717, 1.165) is 5.52 Å². The van der Waals surface area contributed by atoms with E-state index in [1.165, 1.54) is 11.0 Å². The fourth-order valence-corrected chi connectivity index (χ4v) is 2.19. The molecule has 0 spiro atoms. The van der Waals surface area contributed by atoms with Gasteiger partial charge in [-0.2, -0.15) is 5.10 Å². The quantitative estimate of drug-likeness (QED) is 0.741. The first-order valence-corrected chi connectivity index (χ1v) is 6.58. The highest BCUT2D eigenvalue weighted by molar-refractivity contribution is 5.93. The molecule has 2 heterocycles. The van der Waals surface area contributed by atoms with Crippen LogP contribution < -0.4 is 0 Å². The van der Waals surface area contributed by atoms with Gasteiger partial charge in [-0.3, -0.25) is 4.79 Å². The van der Waals surface area contributed by atoms with Crippen LogP contribution in [0.2, 0.25) is 0 Å². The molecule has 0 bridgehead atoms. The first kappa shape index (κ1) is 13.3. The van der Waals surface area contributed by atoms with Crippen molar-refractivity contribution in [2.45, 2.75) is 6.54 Å². The fourth-order valence-electron chi connectivity index (χ4n) is 2.19. The van der Waals surface area contributed by atoms with E-state index in [-0.39, 0.29) is 18.3 Å². The summed E-state index contributed by atoms with van der Waals surface area (Å²) < 4.78 is 15.3. The Bertz CT molecular complexity index is 764. The second-order valence-electron chi connectivity index (χ2n) is 4.85. The van der Waals surface area contributed by atoms with Crippen molar-refractivity contribution >= 4 is 11.4 Å². The third kappa shape index (κ3) is 2.63. The maximum absolute atomic E-state index is 13.6. The molecule has 0 aliphatic heterocycles. The van der Waals surface area contributed by atoms with E-state index in [2.05, 4.69) is 5.10 Å². The molecule has 2 aromatic heterocycles. The van der Waals surface area contributed by atoms with Crippen molar-refractivity contribution in [3.05, 3.63) is 71.8 Å². The third-order valence-electron chi connectivity index (χ3n) is 3.30. The molecule has 1 amide bonds. The van der Waals surface area contributed by atoms with Gasteiger partial charge in [-0.1, -0.05) is 24.3 Å². The molecule has 0 aliphatic carbocycles. The van der Waals surface area contributed by atoms with E-state index in [0.29, 0.717) is 11.3 Å². The molecular formula is C16H14FN3O. The Morgan fingerprint density at radius 1 is 1.24 bits per heavy atom. The van der Waals surface area contributed by atoms with Crippen molar-refractivity contribution in [1.82, 2.24) is 14.5 Å². The van der Waals surface area contributed by atoms with Crippen molar-refractivity contribution in [3.63, 3.8) is 0 Å². The Labute approximate surface area is 121 Å². The van der Waals surface area contributed by atoms with Crippen LogP contribution >= 0.6 is 0 Å². The van der Waals surface area contributed by atoms with Crippen LogP contribution in [0, 0.1) is 5.82 Å². The number of carbonyl (C=O) groups is 1. The Balaban J connectivity index is 1.82. The molecule has 3 aromatic rings. The van der Waals surface area contributed by atoms with Crippen LogP contribution in [-0.2, 0) is 6.54 Å². The number of aromatic nitrogens is 2. The lowest BCUT2D eigenvalue weighted by Gasteiger charge is -2.16. The monoisotopic (exact) mass is 283 g/mol. The van der Waals surface area contributed by atoms with Gasteiger partial charge in [-0.05, 0) is 24.3 Å². The third-order valence-corrected chi connectivity index (χ3v) is 3.30. The smallest absolute Gasteiger partial charge is 0.274 e. The molecule has 0 aliphatic rings. The second-order valence-corrected chi connectivity index (χ2v) is 4.85. The number of nitrogens with zero attached hydrogens (tertiary/aromatic N) is 3. The number of rotatable bonds is 3. The second kappa shape index (κ2) is 5.36. The Morgan fingerprint density at radius 2 is 2.00 bits per heavy atom. The largest absolute Gasteiger partial charge is 0.336 e. The van der Waals surface area contributed by atoms with Crippen molar-refractivity contribution in [2.24, 2.45) is 0 Å². The highest BCUT2D eigenvalue weighted by Gasteiger charge is 2.16. The van der Waals surface area contributed by atoms with Crippen LogP contribution in [-0.4, -0.2) is 27.5 Å². The van der Waals surface area contributed by atoms with E-state index in [1.807, 2.05) is 18.2 Å². The van der Waals surface area contributed by atoms with Gasteiger partial charge >= 0.3 is 0 Å². The summed E-state index contributed by atoms with van der Waals surface area (Å²) in [5, 5.41) is 4.23. The van der Waals surface area contributed by atoms with Gasteiger partial charge in [-0.15, -0.1) is 0 Å². The standard InChI is InChI=1S/C16H14FN3O/c1-19(11-12-6-2-3-8-14(12)17)16(21)15-10-13-7-4-5-9-20(13)18-15/h2-10H,11H2,1H3. The fraction of sp³-hybridized carbons (Fsp3) is 0.125. The van der Waals surface area contributed by atoms with Crippen molar-refractivity contribution in [3.8, 4) is 0 Å². The minimum Gasteiger partial charge on any atom is -0.336 e. The molecule has 106 valence electrons. The molecular weight excluding hydrogens is 269 g/mol. The van der Waals surface area contributed by atoms with Crippen molar-refractivity contribution in [2.75, 3.05) is 7.05 Å². The minimum absolute atomic E-state index is 0.208. The van der Waals surface area contributed by atoms with Gasteiger partial charge in [0.05, 0.1) is 5.52 Å². The molecule has 0 N–H and O–H groups in total. The van der Waals surface area contributed by atoms with E-state index in [1.54, 1.807) is 42.0 Å². The maximum atomic E-state index is 13.6. The number of amides is 1. The molecule has 1 aromatic carbocycles. The summed E-state index contributed by atoms with van der Waals surface area (Å²) in [4.78, 5) is 13.8. The molecule has 0 radical (unpaired) electrons. The summed E-state index contributed by atoms with van der Waals surface area (Å²) >= 11 is 0. The van der Waals surface area contributed by atoms with Crippen LogP contribution in [0.1, 0.15) is 16.1 Å². The van der Waals surface area contributed by atoms with Crippen molar-refractivity contribution < 1.29 is 9.18 Å². The summed E-state index contributed by atoms with van der Waals surface area (Å²) in [6.07, 6.45) is 1.78. The van der Waals surface area contributed by atoms with E-state index >= 15 is 0 Å². The zero-order valence-electron chi connectivity index (χ0n) is 11.5. The van der Waals surface area contributed by atoms with Gasteiger partial charge in [-0.25, -0.2) is 8.91 Å². The summed E-state index contributed by atoms with van der Waals surface area (Å²) in [5.74, 6) is -0.547. The normalized spacial score (nSPS) is 10.8. The van der Waals surface area contributed by atoms with Crippen LogP contribution in [0.5, 0.6) is 0 Å². The number of pyridine rings is 1. The minimum atomic E-state index is -0.313. The highest BCUT2D eigenvalue weighted by atomic mass is 19.1. The van der Waals surface area contributed by atoms with Gasteiger partial charge in [0.15, 0.2) is 5.69 Å². The number of fused-ring (bicyclic) bond motifs is 1. The van der Waals surface area contributed by atoms with Crippen LogP contribution in [0.4, 0.5) is 4.39 Å². The number of halogens is 1. The van der Waals surface area contributed by atoms with E-state index in [4.69, 9.17) is 0 Å². The van der Waals surface area contributed by atoms with Crippen LogP contribution in [0.15, 0.2) is 54.7 Å². The lowest BCUT2D eigenvalue weighted by molar-refractivity contribution is 0.0777. The van der Waals surface area contributed by atoms with E-state index in [9.17, 15) is 9.18 Å². The number of hydrogen-bond donors (Lipinski definition) is 0. The number of carbonyl (C=O) groups excluding carboxylic acids is 1. The Hall–Kier alpha value is -2.69. The predicted octanol–water partition coefficient (Wildman–Crippen LogP) is 2.75. The van der Waals surface area contributed by atoms with Gasteiger partial charge in [0, 0.05) is 25.4 Å². The molecule has 5 heteroatoms. The molecule has 0 saturated heterocycles. The van der Waals surface area contributed by atoms with Gasteiger partial charge < -0.3 is 4.90 Å². The lowest BCUT2D eigenvalue weighted by atomic mass is 10.2. The number of benzene rings is 1. The van der Waals surface area contributed by atoms with Gasteiger partial charge in [0.1, 0.15) is 5.82 Å². The number of hydrogen-bond acceptors (Lipinski definition) is 2. The topological polar surface area (TPSA) is 37.6 Å². The molecule has 3 rings (SSSR count). The maximum Gasteiger partial charge on any atom is 0.274 e. The first-order chi connectivity index (χ1) is 10.1. The summed E-state index contributed by atoms with van der Waals surface area (Å²) in [5.41, 5.74) is 1.68. The first-order valence-electron chi connectivity index (χ1n) is 6.58. The van der Waals surface area contributed by atoms with Crippen LogP contribution in [0.3, 0.4) is 0 Å². The summed E-state index contributed by atoms with van der Waals surface area (Å²) in [6, 6.07) is 13.8. The molecule has 0 saturated carbocycles. The molecule has 0 unspecified atom stereocenters. The van der Waals surface area contributed by atoms with Gasteiger partial charge in [0.25, 0.3) is 5.91 Å². The zero-order chi connectivity index (χ0) is 14.8. The molecule has 0 atom stereocenters. The Kier molecular flexibility index (Phi) is 3.39. The average Bonchev–Trinajstić information content (AvgIpc) is 2.92. The molecule has 21 heavy (non-hydrogen) atoms. The summed E-state index contributed by atoms with van der Waals surface area (Å²) in [6.45, 7) is 0.208. The summed E-state index contributed by atoms with van der Waals surface area (Å²) in [7, 11) is 1.64. The lowest BCUT2D eigenvalue weighted by Crippen LogP contribution is -2.27. The molecule has 4 nitrogen and oxygen atoms in total. The van der Waals surface area contributed by atoms with Gasteiger partial charge in [0.2, 0.25) is 0 Å². The Morgan fingerprint density at radius 3 is 2.76 bits per heavy atom.